The minimum atomic E-state index is -3.76. The summed E-state index contributed by atoms with van der Waals surface area (Å²) in [5, 5.41) is 0. The normalized spacial score (nSPS) is 16.4. The van der Waals surface area contributed by atoms with Crippen LogP contribution in [0.1, 0.15) is 5.56 Å². The molecule has 0 bridgehead atoms. The minimum absolute atomic E-state index is 0.0923. The Labute approximate surface area is 181 Å². The molecule has 4 rings (SSSR count). The van der Waals surface area contributed by atoms with E-state index in [0.29, 0.717) is 31.9 Å². The second-order valence-corrected chi connectivity index (χ2v) is 9.11. The van der Waals surface area contributed by atoms with Gasteiger partial charge in [-0.3, -0.25) is 9.69 Å². The fourth-order valence-electron chi connectivity index (χ4n) is 3.56. The topological polar surface area (TPSA) is 97.4 Å². The number of piperazine rings is 1. The molecule has 2 aliphatic heterocycles. The van der Waals surface area contributed by atoms with Crippen molar-refractivity contribution in [2.24, 2.45) is 0 Å². The number of hydrogen-bond donors (Lipinski definition) is 1. The molecule has 31 heavy (non-hydrogen) atoms. The first kappa shape index (κ1) is 21.4. The average molecular weight is 448 g/mol. The summed E-state index contributed by atoms with van der Waals surface area (Å²) in [7, 11) is -2.25. The first-order valence-electron chi connectivity index (χ1n) is 9.97. The number of nitrogens with zero attached hydrogens (tertiary/aromatic N) is 2. The second kappa shape index (κ2) is 9.13. The Morgan fingerprint density at radius 1 is 1.03 bits per heavy atom. The maximum Gasteiger partial charge on any atom is 0.241 e. The van der Waals surface area contributed by atoms with Gasteiger partial charge in [0.25, 0.3) is 0 Å². The number of methoxy groups -OCH3 is 1. The summed E-state index contributed by atoms with van der Waals surface area (Å²) in [5.41, 5.74) is 1.12. The molecule has 10 heteroatoms. The van der Waals surface area contributed by atoms with Crippen LogP contribution in [0.4, 0.5) is 0 Å². The molecule has 0 atom stereocenters. The fraction of sp³-hybridized carbons (Fsp3) is 0.381. The molecule has 166 valence electrons. The molecular formula is C21H25N3O6S. The van der Waals surface area contributed by atoms with Crippen molar-refractivity contribution < 1.29 is 27.4 Å². The number of nitrogens with one attached hydrogen (secondary N) is 1. The van der Waals surface area contributed by atoms with Crippen LogP contribution in [0.15, 0.2) is 47.4 Å². The van der Waals surface area contributed by atoms with E-state index >= 15 is 0 Å². The third kappa shape index (κ3) is 5.09. The van der Waals surface area contributed by atoms with E-state index in [4.69, 9.17) is 14.2 Å². The van der Waals surface area contributed by atoms with E-state index in [1.165, 1.54) is 19.2 Å². The van der Waals surface area contributed by atoms with Gasteiger partial charge in [0.05, 0.1) is 18.6 Å². The van der Waals surface area contributed by atoms with Crippen LogP contribution in [0.5, 0.6) is 17.2 Å². The van der Waals surface area contributed by atoms with Crippen molar-refractivity contribution in [1.82, 2.24) is 14.5 Å². The zero-order chi connectivity index (χ0) is 21.8. The smallest absolute Gasteiger partial charge is 0.241 e. The van der Waals surface area contributed by atoms with Crippen molar-refractivity contribution >= 4 is 15.9 Å². The van der Waals surface area contributed by atoms with Crippen LogP contribution >= 0.6 is 0 Å². The summed E-state index contributed by atoms with van der Waals surface area (Å²) in [6, 6.07) is 11.9. The molecule has 2 heterocycles. The largest absolute Gasteiger partial charge is 0.497 e. The number of rotatable bonds is 7. The highest BCUT2D eigenvalue weighted by atomic mass is 32.2. The predicted octanol–water partition coefficient (Wildman–Crippen LogP) is 1.05. The third-order valence-corrected chi connectivity index (χ3v) is 6.77. The van der Waals surface area contributed by atoms with E-state index in [9.17, 15) is 13.2 Å². The molecule has 0 unspecified atom stereocenters. The van der Waals surface area contributed by atoms with E-state index in [2.05, 4.69) is 9.62 Å². The van der Waals surface area contributed by atoms with Crippen LogP contribution in [0, 0.1) is 0 Å². The number of carbonyl (C=O) groups excluding carboxylic acids is 1. The van der Waals surface area contributed by atoms with Crippen molar-refractivity contribution in [2.75, 3.05) is 46.6 Å². The molecule has 1 fully saturated rings. The van der Waals surface area contributed by atoms with Gasteiger partial charge in [-0.15, -0.1) is 0 Å². The van der Waals surface area contributed by atoms with Gasteiger partial charge in [-0.1, -0.05) is 6.07 Å². The van der Waals surface area contributed by atoms with Crippen molar-refractivity contribution in [3.63, 3.8) is 0 Å². The molecule has 2 aromatic carbocycles. The van der Waals surface area contributed by atoms with Crippen molar-refractivity contribution in [3.05, 3.63) is 48.0 Å². The van der Waals surface area contributed by atoms with Crippen LogP contribution in [0.2, 0.25) is 0 Å². The van der Waals surface area contributed by atoms with E-state index in [0.717, 1.165) is 23.6 Å². The lowest BCUT2D eigenvalue weighted by atomic mass is 10.1. The zero-order valence-electron chi connectivity index (χ0n) is 17.2. The second-order valence-electron chi connectivity index (χ2n) is 7.34. The van der Waals surface area contributed by atoms with Crippen LogP contribution in [0.25, 0.3) is 0 Å². The Balaban J connectivity index is 1.25. The Bertz CT molecular complexity index is 1030. The molecule has 1 N–H and O–H groups in total. The third-order valence-electron chi connectivity index (χ3n) is 5.35. The first-order valence-corrected chi connectivity index (χ1v) is 11.5. The summed E-state index contributed by atoms with van der Waals surface area (Å²) in [6.07, 6.45) is 0. The highest BCUT2D eigenvalue weighted by Gasteiger charge is 2.23. The molecule has 0 saturated carbocycles. The average Bonchev–Trinajstić information content (AvgIpc) is 3.26. The molecule has 9 nitrogen and oxygen atoms in total. The SMILES string of the molecule is COc1ccc(S(=O)(=O)NCC(=O)N2CCN(Cc3ccc4c(c3)OCO4)CC2)cc1. The number of carbonyl (C=O) groups is 1. The summed E-state index contributed by atoms with van der Waals surface area (Å²) in [5.74, 6) is 1.85. The Morgan fingerprint density at radius 2 is 1.74 bits per heavy atom. The van der Waals surface area contributed by atoms with Crippen LogP contribution in [0.3, 0.4) is 0 Å². The lowest BCUT2D eigenvalue weighted by molar-refractivity contribution is -0.131. The van der Waals surface area contributed by atoms with Crippen LogP contribution in [-0.4, -0.2) is 70.8 Å². The highest BCUT2D eigenvalue weighted by Crippen LogP contribution is 2.32. The molecule has 2 aliphatic rings. The zero-order valence-corrected chi connectivity index (χ0v) is 18.1. The van der Waals surface area contributed by atoms with Gasteiger partial charge in [-0.2, -0.15) is 0 Å². The number of amides is 1. The molecule has 0 spiro atoms. The van der Waals surface area contributed by atoms with Crippen molar-refractivity contribution in [1.29, 1.82) is 0 Å². The van der Waals surface area contributed by atoms with Crippen LogP contribution in [-0.2, 0) is 21.4 Å². The lowest BCUT2D eigenvalue weighted by Gasteiger charge is -2.34. The minimum Gasteiger partial charge on any atom is -0.497 e. The van der Waals surface area contributed by atoms with Crippen molar-refractivity contribution in [2.45, 2.75) is 11.4 Å². The van der Waals surface area contributed by atoms with Gasteiger partial charge in [0, 0.05) is 32.7 Å². The van der Waals surface area contributed by atoms with Gasteiger partial charge in [0.1, 0.15) is 5.75 Å². The number of ether oxygens (including phenoxy) is 3. The summed E-state index contributed by atoms with van der Waals surface area (Å²) in [4.78, 5) is 16.5. The van der Waals surface area contributed by atoms with Gasteiger partial charge < -0.3 is 19.1 Å². The van der Waals surface area contributed by atoms with Gasteiger partial charge in [-0.05, 0) is 42.0 Å². The molecule has 1 amide bonds. The summed E-state index contributed by atoms with van der Waals surface area (Å²) in [6.45, 7) is 3.26. The predicted molar refractivity (Wildman–Crippen MR) is 113 cm³/mol. The summed E-state index contributed by atoms with van der Waals surface area (Å²) < 4.78 is 43.0. The molecule has 2 aromatic rings. The quantitative estimate of drug-likeness (QED) is 0.678. The van der Waals surface area contributed by atoms with Gasteiger partial charge in [0.2, 0.25) is 22.7 Å². The maximum absolute atomic E-state index is 12.5. The van der Waals surface area contributed by atoms with Gasteiger partial charge in [0.15, 0.2) is 11.5 Å². The fourth-order valence-corrected chi connectivity index (χ4v) is 4.53. The van der Waals surface area contributed by atoms with Crippen molar-refractivity contribution in [3.8, 4) is 17.2 Å². The Kier molecular flexibility index (Phi) is 6.30. The number of fused-ring (bicyclic) bond motifs is 1. The number of sulfonamides is 1. The van der Waals surface area contributed by atoms with E-state index in [1.807, 2.05) is 18.2 Å². The Morgan fingerprint density at radius 3 is 2.45 bits per heavy atom. The maximum atomic E-state index is 12.5. The first-order chi connectivity index (χ1) is 14.9. The highest BCUT2D eigenvalue weighted by molar-refractivity contribution is 7.89. The van der Waals surface area contributed by atoms with E-state index in [1.54, 1.807) is 17.0 Å². The molecule has 1 saturated heterocycles. The lowest BCUT2D eigenvalue weighted by Crippen LogP contribution is -2.50. The van der Waals surface area contributed by atoms with Gasteiger partial charge >= 0.3 is 0 Å². The molecule has 0 radical (unpaired) electrons. The van der Waals surface area contributed by atoms with E-state index < -0.39 is 10.0 Å². The number of benzene rings is 2. The molecule has 0 aliphatic carbocycles. The van der Waals surface area contributed by atoms with Crippen LogP contribution < -0.4 is 18.9 Å². The Hall–Kier alpha value is -2.82. The monoisotopic (exact) mass is 447 g/mol. The van der Waals surface area contributed by atoms with E-state index in [-0.39, 0.29) is 24.1 Å². The molecule has 0 aromatic heterocycles. The van der Waals surface area contributed by atoms with Gasteiger partial charge in [-0.25, -0.2) is 13.1 Å². The summed E-state index contributed by atoms with van der Waals surface area (Å²) >= 11 is 0. The standard InChI is InChI=1S/C21H25N3O6S/c1-28-17-3-5-18(6-4-17)31(26,27)22-13-21(25)24-10-8-23(9-11-24)14-16-2-7-19-20(12-16)30-15-29-19/h2-7,12,22H,8-11,13-15H2,1H3. The number of hydrogen-bond acceptors (Lipinski definition) is 7. The molecular weight excluding hydrogens is 422 g/mol.